The van der Waals surface area contributed by atoms with Crippen molar-refractivity contribution in [3.05, 3.63) is 65.0 Å². The third-order valence-electron chi connectivity index (χ3n) is 5.19. The molecule has 1 fully saturated rings. The lowest BCUT2D eigenvalue weighted by atomic mass is 10.1. The van der Waals surface area contributed by atoms with E-state index in [-0.39, 0.29) is 24.2 Å². The van der Waals surface area contributed by atoms with Gasteiger partial charge in [-0.15, -0.1) is 0 Å². The summed E-state index contributed by atoms with van der Waals surface area (Å²) in [7, 11) is 1.58. The fraction of sp³-hybridized carbons (Fsp3) is 0.364. The molecule has 0 bridgehead atoms. The molecule has 6 nitrogen and oxygen atoms in total. The number of halogens is 1. The number of quaternary nitrogens is 1. The number of methoxy groups -OCH3 is 1. The Kier molecular flexibility index (Phi) is 6.82. The van der Waals surface area contributed by atoms with Crippen LogP contribution < -0.4 is 15.0 Å². The summed E-state index contributed by atoms with van der Waals surface area (Å²) in [6.45, 7) is 5.28. The number of benzene rings is 2. The maximum atomic E-state index is 13.5. The average Bonchev–Trinajstić information content (AvgIpc) is 2.72. The van der Waals surface area contributed by atoms with Crippen LogP contribution in [0.15, 0.2) is 42.5 Å². The van der Waals surface area contributed by atoms with Crippen LogP contribution in [0.1, 0.15) is 21.5 Å². The van der Waals surface area contributed by atoms with Gasteiger partial charge in [-0.1, -0.05) is 17.7 Å². The first kappa shape index (κ1) is 20.8. The molecular formula is C22H27FN3O3+. The normalized spacial score (nSPS) is 14.5. The number of nitrogens with zero attached hydrogens (tertiary/aromatic N) is 1. The number of carbonyl (C=O) groups is 2. The van der Waals surface area contributed by atoms with Gasteiger partial charge in [-0.2, -0.15) is 0 Å². The smallest absolute Gasteiger partial charge is 0.251 e. The SMILES string of the molecule is COc1ccc(F)cc1C[NH+]1CCN(C(=O)CNC(=O)c2cccc(C)c2)CC1. The third-order valence-corrected chi connectivity index (χ3v) is 5.19. The number of hydrogen-bond acceptors (Lipinski definition) is 3. The second-order valence-corrected chi connectivity index (χ2v) is 7.32. The van der Waals surface area contributed by atoms with Crippen LogP contribution in [0.3, 0.4) is 0 Å². The zero-order chi connectivity index (χ0) is 20.8. The Morgan fingerprint density at radius 2 is 1.93 bits per heavy atom. The van der Waals surface area contributed by atoms with Gasteiger partial charge in [-0.3, -0.25) is 9.59 Å². The molecule has 1 aliphatic rings. The van der Waals surface area contributed by atoms with Gasteiger partial charge in [-0.25, -0.2) is 4.39 Å². The highest BCUT2D eigenvalue weighted by atomic mass is 19.1. The van der Waals surface area contributed by atoms with Gasteiger partial charge >= 0.3 is 0 Å². The first-order valence-electron chi connectivity index (χ1n) is 9.75. The van der Waals surface area contributed by atoms with Crippen LogP contribution in [-0.2, 0) is 11.3 Å². The van der Waals surface area contributed by atoms with Gasteiger partial charge in [0.05, 0.1) is 45.4 Å². The standard InChI is InChI=1S/C22H26FN3O3/c1-16-4-3-5-17(12-16)22(28)24-14-21(27)26-10-8-25(9-11-26)15-18-13-19(23)6-7-20(18)29-2/h3-7,12-13H,8-11,14-15H2,1-2H3,(H,24,28)/p+1. The van der Waals surface area contributed by atoms with Crippen LogP contribution in [0, 0.1) is 12.7 Å². The van der Waals surface area contributed by atoms with Crippen LogP contribution in [0.2, 0.25) is 0 Å². The molecule has 2 aromatic carbocycles. The van der Waals surface area contributed by atoms with Crippen molar-refractivity contribution >= 4 is 11.8 Å². The number of ether oxygens (including phenoxy) is 1. The topological polar surface area (TPSA) is 63.1 Å². The Hall–Kier alpha value is -2.93. The lowest BCUT2D eigenvalue weighted by Gasteiger charge is -2.32. The van der Waals surface area contributed by atoms with Gasteiger partial charge in [0.1, 0.15) is 18.1 Å². The van der Waals surface area contributed by atoms with E-state index in [9.17, 15) is 14.0 Å². The van der Waals surface area contributed by atoms with Gasteiger partial charge in [0.25, 0.3) is 5.91 Å². The molecule has 2 aromatic rings. The van der Waals surface area contributed by atoms with E-state index >= 15 is 0 Å². The molecule has 2 N–H and O–H groups in total. The molecule has 0 aromatic heterocycles. The van der Waals surface area contributed by atoms with E-state index in [1.807, 2.05) is 19.1 Å². The summed E-state index contributed by atoms with van der Waals surface area (Å²) in [6.07, 6.45) is 0. The molecule has 0 unspecified atom stereocenters. The Balaban J connectivity index is 1.47. The highest BCUT2D eigenvalue weighted by Gasteiger charge is 2.25. The largest absolute Gasteiger partial charge is 0.496 e. The molecule has 0 spiro atoms. The molecular weight excluding hydrogens is 373 g/mol. The maximum absolute atomic E-state index is 13.5. The first-order valence-corrected chi connectivity index (χ1v) is 9.75. The average molecular weight is 400 g/mol. The molecule has 0 radical (unpaired) electrons. The number of carbonyl (C=O) groups excluding carboxylic acids is 2. The minimum Gasteiger partial charge on any atom is -0.496 e. The van der Waals surface area contributed by atoms with Gasteiger partial charge in [0, 0.05) is 5.56 Å². The molecule has 0 atom stereocenters. The summed E-state index contributed by atoms with van der Waals surface area (Å²) in [5, 5.41) is 2.70. The Labute approximate surface area is 170 Å². The van der Waals surface area contributed by atoms with Gasteiger partial charge < -0.3 is 19.9 Å². The number of amides is 2. The first-order chi connectivity index (χ1) is 14.0. The third kappa shape index (κ3) is 5.54. The number of hydrogen-bond donors (Lipinski definition) is 2. The van der Waals surface area contributed by atoms with Crippen LogP contribution >= 0.6 is 0 Å². The fourth-order valence-electron chi connectivity index (χ4n) is 3.56. The van der Waals surface area contributed by atoms with Crippen molar-refractivity contribution < 1.29 is 23.6 Å². The Morgan fingerprint density at radius 3 is 2.62 bits per heavy atom. The second kappa shape index (κ2) is 9.52. The van der Waals surface area contributed by atoms with Crippen LogP contribution in [0.25, 0.3) is 0 Å². The number of nitrogens with one attached hydrogen (secondary N) is 2. The highest BCUT2D eigenvalue weighted by Crippen LogP contribution is 2.18. The van der Waals surface area contributed by atoms with Crippen LogP contribution in [-0.4, -0.2) is 56.5 Å². The molecule has 0 aliphatic carbocycles. The van der Waals surface area contributed by atoms with Crippen molar-refractivity contribution in [2.75, 3.05) is 39.8 Å². The maximum Gasteiger partial charge on any atom is 0.251 e. The van der Waals surface area contributed by atoms with Crippen molar-refractivity contribution in [2.24, 2.45) is 0 Å². The van der Waals surface area contributed by atoms with E-state index in [0.29, 0.717) is 30.9 Å². The number of rotatable bonds is 6. The molecule has 0 saturated carbocycles. The van der Waals surface area contributed by atoms with E-state index < -0.39 is 0 Å². The van der Waals surface area contributed by atoms with Gasteiger partial charge in [0.15, 0.2) is 0 Å². The lowest BCUT2D eigenvalue weighted by Crippen LogP contribution is -3.13. The van der Waals surface area contributed by atoms with Crippen LogP contribution in [0.4, 0.5) is 4.39 Å². The molecule has 1 saturated heterocycles. The van der Waals surface area contributed by atoms with Crippen LogP contribution in [0.5, 0.6) is 5.75 Å². The summed E-state index contributed by atoms with van der Waals surface area (Å²) in [6, 6.07) is 11.8. The van der Waals surface area contributed by atoms with E-state index in [0.717, 1.165) is 24.2 Å². The second-order valence-electron chi connectivity index (χ2n) is 7.32. The van der Waals surface area contributed by atoms with E-state index in [1.54, 1.807) is 30.2 Å². The van der Waals surface area contributed by atoms with Crippen molar-refractivity contribution in [1.29, 1.82) is 0 Å². The Bertz CT molecular complexity index is 879. The van der Waals surface area contributed by atoms with Crippen molar-refractivity contribution in [2.45, 2.75) is 13.5 Å². The predicted molar refractivity (Wildman–Crippen MR) is 107 cm³/mol. The summed E-state index contributed by atoms with van der Waals surface area (Å²) in [4.78, 5) is 27.7. The zero-order valence-electron chi connectivity index (χ0n) is 16.8. The van der Waals surface area contributed by atoms with Crippen molar-refractivity contribution in [3.8, 4) is 5.75 Å². The van der Waals surface area contributed by atoms with Crippen molar-refractivity contribution in [1.82, 2.24) is 10.2 Å². The van der Waals surface area contributed by atoms with E-state index in [1.165, 1.54) is 17.0 Å². The zero-order valence-corrected chi connectivity index (χ0v) is 16.8. The molecule has 7 heteroatoms. The summed E-state index contributed by atoms with van der Waals surface area (Å²) >= 11 is 0. The molecule has 29 heavy (non-hydrogen) atoms. The monoisotopic (exact) mass is 400 g/mol. The number of piperazine rings is 1. The molecule has 154 valence electrons. The molecule has 2 amide bonds. The van der Waals surface area contributed by atoms with Gasteiger partial charge in [-0.05, 0) is 37.3 Å². The molecule has 3 rings (SSSR count). The summed E-state index contributed by atoms with van der Waals surface area (Å²) < 4.78 is 18.9. The number of aryl methyl sites for hydroxylation is 1. The summed E-state index contributed by atoms with van der Waals surface area (Å²) in [5.74, 6) is 0.0625. The van der Waals surface area contributed by atoms with E-state index in [2.05, 4.69) is 5.32 Å². The lowest BCUT2D eigenvalue weighted by molar-refractivity contribution is -0.917. The fourth-order valence-corrected chi connectivity index (χ4v) is 3.56. The summed E-state index contributed by atoms with van der Waals surface area (Å²) in [5.41, 5.74) is 2.38. The van der Waals surface area contributed by atoms with Crippen molar-refractivity contribution in [3.63, 3.8) is 0 Å². The Morgan fingerprint density at radius 1 is 1.17 bits per heavy atom. The quantitative estimate of drug-likeness (QED) is 0.754. The minimum absolute atomic E-state index is 0.0141. The van der Waals surface area contributed by atoms with Gasteiger partial charge in [0.2, 0.25) is 5.91 Å². The predicted octanol–water partition coefficient (Wildman–Crippen LogP) is 0.800. The minimum atomic E-state index is -0.279. The van der Waals surface area contributed by atoms with E-state index in [4.69, 9.17) is 4.74 Å². The highest BCUT2D eigenvalue weighted by molar-refractivity contribution is 5.96. The molecule has 1 aliphatic heterocycles. The molecule has 1 heterocycles.